The number of amides is 2. The number of para-hydroxylation sites is 2. The summed E-state index contributed by atoms with van der Waals surface area (Å²) in [7, 11) is 0. The Hall–Kier alpha value is -3.12. The Morgan fingerprint density at radius 3 is 2.48 bits per heavy atom. The molecule has 0 radical (unpaired) electrons. The zero-order chi connectivity index (χ0) is 20.8. The Morgan fingerprint density at radius 1 is 1.00 bits per heavy atom. The molecule has 0 saturated carbocycles. The van der Waals surface area contributed by atoms with E-state index in [1.165, 1.54) is 0 Å². The zero-order valence-electron chi connectivity index (χ0n) is 17.0. The Morgan fingerprint density at radius 2 is 1.72 bits per heavy atom. The maximum Gasteiger partial charge on any atom is 0.253 e. The van der Waals surface area contributed by atoms with Gasteiger partial charge < -0.3 is 15.1 Å². The molecule has 6 nitrogen and oxygen atoms in total. The SMILES string of the molecule is CC(C)CNC(=O)c1ccccc1NC(=O)CNC(C)c1cc2ccccc2o1. The molecule has 0 aliphatic carbocycles. The molecule has 2 aromatic carbocycles. The molecule has 152 valence electrons. The van der Waals surface area contributed by atoms with Crippen molar-refractivity contribution < 1.29 is 14.0 Å². The van der Waals surface area contributed by atoms with Crippen LogP contribution in [0.4, 0.5) is 5.69 Å². The summed E-state index contributed by atoms with van der Waals surface area (Å²) in [6.07, 6.45) is 0. The van der Waals surface area contributed by atoms with Crippen LogP contribution in [0.2, 0.25) is 0 Å². The lowest BCUT2D eigenvalue weighted by Gasteiger charge is -2.14. The van der Waals surface area contributed by atoms with Crippen LogP contribution in [-0.4, -0.2) is 24.9 Å². The second-order valence-electron chi connectivity index (χ2n) is 7.49. The number of carbonyl (C=O) groups is 2. The summed E-state index contributed by atoms with van der Waals surface area (Å²) in [5, 5.41) is 9.89. The fourth-order valence-electron chi connectivity index (χ4n) is 2.94. The number of carbonyl (C=O) groups excluding carboxylic acids is 2. The summed E-state index contributed by atoms with van der Waals surface area (Å²) in [5.74, 6) is 0.701. The van der Waals surface area contributed by atoms with Crippen LogP contribution in [0.5, 0.6) is 0 Å². The summed E-state index contributed by atoms with van der Waals surface area (Å²) in [4.78, 5) is 24.8. The van der Waals surface area contributed by atoms with Gasteiger partial charge in [0.1, 0.15) is 11.3 Å². The standard InChI is InChI=1S/C23H27N3O3/c1-15(2)13-25-23(28)18-9-5-6-10-19(18)26-22(27)14-24-16(3)21-12-17-8-4-7-11-20(17)29-21/h4-12,15-16,24H,13-14H2,1-3H3,(H,25,28)(H,26,27). The minimum absolute atomic E-state index is 0.0974. The number of nitrogens with one attached hydrogen (secondary N) is 3. The number of rotatable bonds is 8. The van der Waals surface area contributed by atoms with Crippen LogP contribution in [0.3, 0.4) is 0 Å². The Labute approximate surface area is 170 Å². The van der Waals surface area contributed by atoms with E-state index in [0.717, 1.165) is 16.7 Å². The monoisotopic (exact) mass is 393 g/mol. The molecule has 0 fully saturated rings. The van der Waals surface area contributed by atoms with E-state index in [4.69, 9.17) is 4.42 Å². The fourth-order valence-corrected chi connectivity index (χ4v) is 2.94. The first-order valence-electron chi connectivity index (χ1n) is 9.83. The van der Waals surface area contributed by atoms with E-state index in [1.54, 1.807) is 24.3 Å². The molecule has 3 aromatic rings. The van der Waals surface area contributed by atoms with E-state index in [-0.39, 0.29) is 24.4 Å². The molecular formula is C23H27N3O3. The van der Waals surface area contributed by atoms with Gasteiger partial charge in [0.25, 0.3) is 5.91 Å². The maximum absolute atomic E-state index is 12.4. The molecule has 0 aliphatic heterocycles. The first-order valence-corrected chi connectivity index (χ1v) is 9.83. The van der Waals surface area contributed by atoms with Gasteiger partial charge in [-0.3, -0.25) is 14.9 Å². The lowest BCUT2D eigenvalue weighted by Crippen LogP contribution is -2.32. The van der Waals surface area contributed by atoms with Gasteiger partial charge >= 0.3 is 0 Å². The number of anilines is 1. The third-order valence-electron chi connectivity index (χ3n) is 4.56. The van der Waals surface area contributed by atoms with Gasteiger partial charge in [-0.2, -0.15) is 0 Å². The molecular weight excluding hydrogens is 366 g/mol. The molecule has 1 heterocycles. The molecule has 3 rings (SSSR count). The first-order chi connectivity index (χ1) is 13.9. The Bertz CT molecular complexity index is 961. The molecule has 2 amide bonds. The van der Waals surface area contributed by atoms with Crippen LogP contribution in [0.1, 0.15) is 42.9 Å². The fraction of sp³-hybridized carbons (Fsp3) is 0.304. The number of fused-ring (bicyclic) bond motifs is 1. The second kappa shape index (κ2) is 9.39. The van der Waals surface area contributed by atoms with E-state index in [9.17, 15) is 9.59 Å². The van der Waals surface area contributed by atoms with E-state index in [0.29, 0.717) is 23.7 Å². The van der Waals surface area contributed by atoms with Gasteiger partial charge in [0, 0.05) is 11.9 Å². The van der Waals surface area contributed by atoms with Crippen molar-refractivity contribution in [2.75, 3.05) is 18.4 Å². The van der Waals surface area contributed by atoms with E-state index in [1.807, 2.05) is 51.1 Å². The van der Waals surface area contributed by atoms with Crippen LogP contribution in [-0.2, 0) is 4.79 Å². The largest absolute Gasteiger partial charge is 0.459 e. The van der Waals surface area contributed by atoms with E-state index in [2.05, 4.69) is 16.0 Å². The average molecular weight is 393 g/mol. The molecule has 29 heavy (non-hydrogen) atoms. The lowest BCUT2D eigenvalue weighted by molar-refractivity contribution is -0.115. The molecule has 0 spiro atoms. The van der Waals surface area contributed by atoms with Crippen LogP contribution < -0.4 is 16.0 Å². The van der Waals surface area contributed by atoms with Gasteiger partial charge in [-0.25, -0.2) is 0 Å². The van der Waals surface area contributed by atoms with Crippen molar-refractivity contribution in [3.63, 3.8) is 0 Å². The highest BCUT2D eigenvalue weighted by atomic mass is 16.3. The van der Waals surface area contributed by atoms with Crippen molar-refractivity contribution in [3.05, 3.63) is 65.9 Å². The third-order valence-corrected chi connectivity index (χ3v) is 4.56. The molecule has 0 aliphatic rings. The minimum Gasteiger partial charge on any atom is -0.459 e. The van der Waals surface area contributed by atoms with Gasteiger partial charge in [0.15, 0.2) is 0 Å². The van der Waals surface area contributed by atoms with Crippen molar-refractivity contribution in [1.29, 1.82) is 0 Å². The number of furan rings is 1. The van der Waals surface area contributed by atoms with Crippen molar-refractivity contribution in [3.8, 4) is 0 Å². The third kappa shape index (κ3) is 5.45. The van der Waals surface area contributed by atoms with E-state index < -0.39 is 0 Å². The van der Waals surface area contributed by atoms with Crippen molar-refractivity contribution in [1.82, 2.24) is 10.6 Å². The van der Waals surface area contributed by atoms with Crippen LogP contribution in [0.15, 0.2) is 59.0 Å². The molecule has 0 bridgehead atoms. The topological polar surface area (TPSA) is 83.4 Å². The Kier molecular flexibility index (Phi) is 6.67. The molecule has 1 unspecified atom stereocenters. The van der Waals surface area contributed by atoms with Crippen LogP contribution in [0, 0.1) is 5.92 Å². The highest BCUT2D eigenvalue weighted by Gasteiger charge is 2.15. The summed E-state index contributed by atoms with van der Waals surface area (Å²) in [6.45, 7) is 6.68. The average Bonchev–Trinajstić information content (AvgIpc) is 3.15. The summed E-state index contributed by atoms with van der Waals surface area (Å²) >= 11 is 0. The lowest BCUT2D eigenvalue weighted by atomic mass is 10.1. The smallest absolute Gasteiger partial charge is 0.253 e. The molecule has 6 heteroatoms. The van der Waals surface area contributed by atoms with Crippen molar-refractivity contribution >= 4 is 28.5 Å². The molecule has 0 saturated heterocycles. The predicted molar refractivity (Wildman–Crippen MR) is 115 cm³/mol. The molecule has 1 aromatic heterocycles. The summed E-state index contributed by atoms with van der Waals surface area (Å²) in [6, 6.07) is 16.6. The highest BCUT2D eigenvalue weighted by molar-refractivity contribution is 6.04. The summed E-state index contributed by atoms with van der Waals surface area (Å²) < 4.78 is 5.83. The van der Waals surface area contributed by atoms with E-state index >= 15 is 0 Å². The minimum atomic E-state index is -0.225. The Balaban J connectivity index is 1.58. The highest BCUT2D eigenvalue weighted by Crippen LogP contribution is 2.23. The maximum atomic E-state index is 12.4. The van der Waals surface area contributed by atoms with Gasteiger partial charge in [0.05, 0.1) is 23.8 Å². The van der Waals surface area contributed by atoms with Crippen molar-refractivity contribution in [2.24, 2.45) is 5.92 Å². The normalized spacial score (nSPS) is 12.1. The number of hydrogen-bond acceptors (Lipinski definition) is 4. The zero-order valence-corrected chi connectivity index (χ0v) is 17.0. The quantitative estimate of drug-likeness (QED) is 0.538. The summed E-state index contributed by atoms with van der Waals surface area (Å²) in [5.41, 5.74) is 1.77. The number of hydrogen-bond donors (Lipinski definition) is 3. The molecule has 1 atom stereocenters. The predicted octanol–water partition coefficient (Wildman–Crippen LogP) is 4.11. The van der Waals surface area contributed by atoms with Gasteiger partial charge in [-0.1, -0.05) is 44.2 Å². The van der Waals surface area contributed by atoms with Crippen LogP contribution >= 0.6 is 0 Å². The molecule has 3 N–H and O–H groups in total. The van der Waals surface area contributed by atoms with Crippen molar-refractivity contribution in [2.45, 2.75) is 26.8 Å². The van der Waals surface area contributed by atoms with Gasteiger partial charge in [0.2, 0.25) is 5.91 Å². The number of benzene rings is 2. The first kappa shape index (κ1) is 20.6. The second-order valence-corrected chi connectivity index (χ2v) is 7.49. The van der Waals surface area contributed by atoms with Gasteiger partial charge in [-0.15, -0.1) is 0 Å². The van der Waals surface area contributed by atoms with Crippen LogP contribution in [0.25, 0.3) is 11.0 Å². The van der Waals surface area contributed by atoms with Gasteiger partial charge in [-0.05, 0) is 37.1 Å².